The molecule has 2 aliphatic carbocycles. The second-order valence-electron chi connectivity index (χ2n) is 11.7. The highest BCUT2D eigenvalue weighted by Gasteiger charge is 2.23. The maximum absolute atomic E-state index is 6.09. The van der Waals surface area contributed by atoms with Crippen molar-refractivity contribution in [2.75, 3.05) is 0 Å². The van der Waals surface area contributed by atoms with E-state index in [0.29, 0.717) is 0 Å². The normalized spacial score (nSPS) is 15.7. The molecule has 0 spiro atoms. The Kier molecular flexibility index (Phi) is 6.45. The van der Waals surface area contributed by atoms with Gasteiger partial charge in [0.15, 0.2) is 0 Å². The lowest BCUT2D eigenvalue weighted by molar-refractivity contribution is 0.669. The molecule has 208 valence electrons. The molecule has 0 N–H and O–H groups in total. The van der Waals surface area contributed by atoms with Crippen LogP contribution in [0.3, 0.4) is 0 Å². The standard InChI is InChI=1S/C42H34O/c1-2-12-30(25-23-28-24-26-40-38(27-28)32-16-9-10-22-39(32)43-40)41-34-17-5-7-19-36(34)42(37-20-8-6-18-35(37)41)33-21-11-14-29-13-3-4-15-31(29)33/h2,4-10,12,15-22,24-27H,3,11,13-14,23H2,1H3/b12-2-,30-25+. The Bertz CT molecular complexity index is 2150. The lowest BCUT2D eigenvalue weighted by atomic mass is 9.78. The summed E-state index contributed by atoms with van der Waals surface area (Å²) in [5, 5.41) is 7.64. The van der Waals surface area contributed by atoms with Crippen molar-refractivity contribution in [3.63, 3.8) is 0 Å². The van der Waals surface area contributed by atoms with E-state index in [4.69, 9.17) is 4.42 Å². The second kappa shape index (κ2) is 10.7. The highest BCUT2D eigenvalue weighted by atomic mass is 16.3. The zero-order valence-corrected chi connectivity index (χ0v) is 24.6. The zero-order chi connectivity index (χ0) is 28.8. The highest BCUT2D eigenvalue weighted by molar-refractivity contribution is 6.18. The number of hydrogen-bond acceptors (Lipinski definition) is 1. The maximum atomic E-state index is 6.09. The number of benzene rings is 5. The van der Waals surface area contributed by atoms with Gasteiger partial charge in [0.05, 0.1) is 0 Å². The number of hydrogen-bond donors (Lipinski definition) is 0. The van der Waals surface area contributed by atoms with Crippen molar-refractivity contribution in [1.29, 1.82) is 0 Å². The summed E-state index contributed by atoms with van der Waals surface area (Å²) >= 11 is 0. The number of rotatable bonds is 5. The van der Waals surface area contributed by atoms with Crippen LogP contribution in [-0.4, -0.2) is 0 Å². The molecule has 0 radical (unpaired) electrons. The van der Waals surface area contributed by atoms with E-state index in [9.17, 15) is 0 Å². The molecular weight excluding hydrogens is 520 g/mol. The largest absolute Gasteiger partial charge is 0.456 e. The molecule has 0 aliphatic heterocycles. The van der Waals surface area contributed by atoms with Gasteiger partial charge in [-0.2, -0.15) is 0 Å². The predicted octanol–water partition coefficient (Wildman–Crippen LogP) is 11.9. The molecule has 0 atom stereocenters. The van der Waals surface area contributed by atoms with Gasteiger partial charge < -0.3 is 4.42 Å². The third-order valence-electron chi connectivity index (χ3n) is 9.20. The summed E-state index contributed by atoms with van der Waals surface area (Å²) in [6.45, 7) is 2.12. The van der Waals surface area contributed by atoms with Crippen molar-refractivity contribution in [2.45, 2.75) is 39.0 Å². The first-order valence-corrected chi connectivity index (χ1v) is 15.6. The fraction of sp³-hybridized carbons (Fsp3) is 0.143. The fourth-order valence-electron chi connectivity index (χ4n) is 7.28. The molecule has 0 saturated heterocycles. The fourth-order valence-corrected chi connectivity index (χ4v) is 7.28. The van der Waals surface area contributed by atoms with Crippen molar-refractivity contribution in [3.8, 4) is 0 Å². The molecule has 43 heavy (non-hydrogen) atoms. The van der Waals surface area contributed by atoms with E-state index in [0.717, 1.165) is 30.4 Å². The highest BCUT2D eigenvalue weighted by Crippen LogP contribution is 2.45. The first kappa shape index (κ1) is 25.8. The van der Waals surface area contributed by atoms with Crippen molar-refractivity contribution < 1.29 is 4.42 Å². The summed E-state index contributed by atoms with van der Waals surface area (Å²) in [5.41, 5.74) is 11.6. The van der Waals surface area contributed by atoms with Gasteiger partial charge in [0.1, 0.15) is 11.2 Å². The van der Waals surface area contributed by atoms with Gasteiger partial charge in [0.25, 0.3) is 0 Å². The van der Waals surface area contributed by atoms with E-state index >= 15 is 0 Å². The van der Waals surface area contributed by atoms with Gasteiger partial charge in [-0.1, -0.05) is 115 Å². The van der Waals surface area contributed by atoms with Crippen LogP contribution in [-0.2, 0) is 6.42 Å². The minimum Gasteiger partial charge on any atom is -0.456 e. The Morgan fingerprint density at radius 1 is 0.721 bits per heavy atom. The molecule has 5 aromatic carbocycles. The number of furan rings is 1. The quantitative estimate of drug-likeness (QED) is 0.153. The average Bonchev–Trinajstić information content (AvgIpc) is 3.43. The second-order valence-corrected chi connectivity index (χ2v) is 11.7. The van der Waals surface area contributed by atoms with Crippen LogP contribution in [0.1, 0.15) is 49.3 Å². The van der Waals surface area contributed by atoms with E-state index in [1.807, 2.05) is 12.1 Å². The van der Waals surface area contributed by atoms with Crippen LogP contribution in [0.15, 0.2) is 143 Å². The average molecular weight is 555 g/mol. The Hall–Kier alpha value is -4.88. The van der Waals surface area contributed by atoms with Crippen molar-refractivity contribution in [2.24, 2.45) is 0 Å². The van der Waals surface area contributed by atoms with Crippen LogP contribution in [0.2, 0.25) is 0 Å². The summed E-state index contributed by atoms with van der Waals surface area (Å²) < 4.78 is 6.09. The van der Waals surface area contributed by atoms with Gasteiger partial charge in [-0.15, -0.1) is 0 Å². The monoisotopic (exact) mass is 554 g/mol. The topological polar surface area (TPSA) is 13.1 Å². The van der Waals surface area contributed by atoms with Crippen LogP contribution in [0.5, 0.6) is 0 Å². The van der Waals surface area contributed by atoms with E-state index in [-0.39, 0.29) is 0 Å². The molecule has 2 aliphatic rings. The Morgan fingerprint density at radius 2 is 1.40 bits per heavy atom. The number of para-hydroxylation sites is 1. The molecule has 8 rings (SSSR count). The van der Waals surface area contributed by atoms with Crippen LogP contribution < -0.4 is 0 Å². The minimum atomic E-state index is 0.839. The van der Waals surface area contributed by atoms with Crippen LogP contribution in [0.25, 0.3) is 54.6 Å². The van der Waals surface area contributed by atoms with Gasteiger partial charge in [-0.3, -0.25) is 0 Å². The lowest BCUT2D eigenvalue weighted by Crippen LogP contribution is -2.04. The minimum absolute atomic E-state index is 0.839. The third kappa shape index (κ3) is 4.39. The van der Waals surface area contributed by atoms with Gasteiger partial charge >= 0.3 is 0 Å². The summed E-state index contributed by atoms with van der Waals surface area (Å²) in [4.78, 5) is 0. The van der Waals surface area contributed by atoms with E-state index in [1.54, 1.807) is 5.57 Å². The van der Waals surface area contributed by atoms with Gasteiger partial charge in [0.2, 0.25) is 0 Å². The molecule has 0 unspecified atom stereocenters. The lowest BCUT2D eigenvalue weighted by Gasteiger charge is -2.26. The molecule has 1 aromatic heterocycles. The number of fused-ring (bicyclic) bond motifs is 5. The van der Waals surface area contributed by atoms with Crippen LogP contribution in [0, 0.1) is 0 Å². The van der Waals surface area contributed by atoms with Crippen molar-refractivity contribution >= 4 is 54.6 Å². The SMILES string of the molecule is C/C=C\C(=C/Cc1ccc2oc3ccccc3c2c1)c1c2ccccc2c(C2=CCCC3=C2C=CCC3)c2ccccc12. The summed E-state index contributed by atoms with van der Waals surface area (Å²) in [6.07, 6.45) is 19.6. The maximum Gasteiger partial charge on any atom is 0.135 e. The van der Waals surface area contributed by atoms with Crippen LogP contribution >= 0.6 is 0 Å². The van der Waals surface area contributed by atoms with Gasteiger partial charge in [0, 0.05) is 10.8 Å². The third-order valence-corrected chi connectivity index (χ3v) is 9.20. The summed E-state index contributed by atoms with van der Waals surface area (Å²) in [5.74, 6) is 0. The van der Waals surface area contributed by atoms with E-state index < -0.39 is 0 Å². The first-order valence-electron chi connectivity index (χ1n) is 15.6. The Morgan fingerprint density at radius 3 is 2.16 bits per heavy atom. The predicted molar refractivity (Wildman–Crippen MR) is 184 cm³/mol. The summed E-state index contributed by atoms with van der Waals surface area (Å²) in [7, 11) is 0. The van der Waals surface area contributed by atoms with E-state index in [1.165, 1.54) is 78.6 Å². The number of allylic oxidation sites excluding steroid dienone is 10. The molecule has 1 heteroatoms. The molecule has 0 fully saturated rings. The Balaban J connectivity index is 1.32. The van der Waals surface area contributed by atoms with Crippen molar-refractivity contribution in [3.05, 3.63) is 155 Å². The molecule has 6 aromatic rings. The molecular formula is C42H34O. The zero-order valence-electron chi connectivity index (χ0n) is 24.6. The van der Waals surface area contributed by atoms with Gasteiger partial charge in [-0.25, -0.2) is 0 Å². The summed E-state index contributed by atoms with van der Waals surface area (Å²) in [6, 6.07) is 33.0. The molecule has 1 heterocycles. The molecule has 1 nitrogen and oxygen atoms in total. The van der Waals surface area contributed by atoms with Crippen molar-refractivity contribution in [1.82, 2.24) is 0 Å². The van der Waals surface area contributed by atoms with Gasteiger partial charge in [-0.05, 0) is 112 Å². The molecule has 0 saturated carbocycles. The van der Waals surface area contributed by atoms with E-state index in [2.05, 4.69) is 122 Å². The first-order chi connectivity index (χ1) is 21.3. The molecule has 0 bridgehead atoms. The van der Waals surface area contributed by atoms with Crippen LogP contribution in [0.4, 0.5) is 0 Å². The Labute approximate surface area is 252 Å². The molecule has 0 amide bonds. The smallest absolute Gasteiger partial charge is 0.135 e.